The van der Waals surface area contributed by atoms with Crippen LogP contribution < -0.4 is 5.73 Å². The summed E-state index contributed by atoms with van der Waals surface area (Å²) >= 11 is 0. The van der Waals surface area contributed by atoms with E-state index in [1.165, 1.54) is 38.5 Å². The van der Waals surface area contributed by atoms with Crippen molar-refractivity contribution in [3.8, 4) is 0 Å². The van der Waals surface area contributed by atoms with Gasteiger partial charge in [-0.05, 0) is 31.2 Å². The van der Waals surface area contributed by atoms with Crippen LogP contribution in [0.4, 0.5) is 0 Å². The molecule has 0 aromatic heterocycles. The lowest BCUT2D eigenvalue weighted by atomic mass is 9.87. The molecule has 1 aromatic rings. The minimum Gasteiger partial charge on any atom is -0.511 e. The number of hydrogen-bond acceptors (Lipinski definition) is 10. The van der Waals surface area contributed by atoms with Crippen LogP contribution in [0.15, 0.2) is 46.8 Å². The fraction of sp³-hybridized carbons (Fsp3) is 0.633. The van der Waals surface area contributed by atoms with Gasteiger partial charge in [0.2, 0.25) is 5.78 Å². The minimum absolute atomic E-state index is 0.153. The molecule has 6 N–H and O–H groups in total. The van der Waals surface area contributed by atoms with Gasteiger partial charge >= 0.3 is 5.97 Å². The van der Waals surface area contributed by atoms with Gasteiger partial charge in [0, 0.05) is 12.3 Å². The van der Waals surface area contributed by atoms with Crippen molar-refractivity contribution in [2.24, 2.45) is 16.8 Å². The van der Waals surface area contributed by atoms with Crippen LogP contribution >= 0.6 is 0 Å². The number of Topliss-reactive ketones (excluding diaryl/α,β-unsaturated/α-hetero) is 1. The molecule has 1 saturated carbocycles. The number of benzene rings is 1. The summed E-state index contributed by atoms with van der Waals surface area (Å²) in [5.41, 5.74) is 5.85. The normalized spacial score (nSPS) is 21.5. The molecule has 1 aliphatic heterocycles. The molecular formula is C30H46N2O8. The van der Waals surface area contributed by atoms with Gasteiger partial charge in [-0.2, -0.15) is 0 Å². The zero-order valence-electron chi connectivity index (χ0n) is 23.4. The number of hydrogen-bond donors (Lipinski definition) is 5. The molecule has 1 atom stereocenters. The fourth-order valence-electron chi connectivity index (χ4n) is 4.58. The number of aliphatic hydroxyl groups is 4. The molecule has 10 nitrogen and oxygen atoms in total. The third-order valence-electron chi connectivity index (χ3n) is 7.24. The van der Waals surface area contributed by atoms with E-state index in [0.717, 1.165) is 37.0 Å². The molecule has 1 saturated heterocycles. The van der Waals surface area contributed by atoms with Crippen molar-refractivity contribution in [1.82, 2.24) is 0 Å². The second kappa shape index (κ2) is 18.5. The summed E-state index contributed by atoms with van der Waals surface area (Å²) in [5.74, 6) is -1.16. The largest absolute Gasteiger partial charge is 0.511 e. The number of carbonyl (C=O) groups excluding carboxylic acids is 2. The van der Waals surface area contributed by atoms with E-state index in [1.807, 2.05) is 30.3 Å². The van der Waals surface area contributed by atoms with Gasteiger partial charge in [-0.25, -0.2) is 4.79 Å². The van der Waals surface area contributed by atoms with E-state index < -0.39 is 37.1 Å². The van der Waals surface area contributed by atoms with Crippen LogP contribution in [0.5, 0.6) is 0 Å². The Hall–Kier alpha value is -2.79. The van der Waals surface area contributed by atoms with Crippen molar-refractivity contribution in [2.45, 2.75) is 89.2 Å². The number of nitrogens with zero attached hydrogens (tertiary/aromatic N) is 1. The molecule has 3 rings (SSSR count). The summed E-state index contributed by atoms with van der Waals surface area (Å²) < 4.78 is 4.75. The topological polar surface area (TPSA) is 172 Å². The van der Waals surface area contributed by atoms with Gasteiger partial charge in [-0.15, -0.1) is 0 Å². The van der Waals surface area contributed by atoms with E-state index in [1.54, 1.807) is 0 Å². The van der Waals surface area contributed by atoms with Crippen molar-refractivity contribution in [3.05, 3.63) is 47.2 Å². The molecule has 10 heteroatoms. The lowest BCUT2D eigenvalue weighted by molar-refractivity contribution is -0.135. The fourth-order valence-corrected chi connectivity index (χ4v) is 4.58. The van der Waals surface area contributed by atoms with E-state index >= 15 is 0 Å². The van der Waals surface area contributed by atoms with Gasteiger partial charge in [-0.1, -0.05) is 80.4 Å². The first-order chi connectivity index (χ1) is 19.3. The summed E-state index contributed by atoms with van der Waals surface area (Å²) in [6.45, 7) is -1.06. The number of ketones is 1. The van der Waals surface area contributed by atoms with E-state index in [0.29, 0.717) is 13.0 Å². The standard InChI is InChI=1S/C26H35NO5.C4H11NO3/c28-23(25-24(29)19-31-26(25)30)17-16-21-14-10-5-3-1-2-4-6-11-15-22(21)27-32-18-20-12-8-7-9-13-20;5-4(1-6,2-7)3-8/h7-9,12-13,21,28H,1-6,10-11,14-19H2;6-8H,1-3,5H2/b25-23-,27-22-;. The maximum Gasteiger partial charge on any atom is 0.345 e. The first-order valence-electron chi connectivity index (χ1n) is 14.3. The van der Waals surface area contributed by atoms with Crippen LogP contribution in [0.25, 0.3) is 0 Å². The highest BCUT2D eigenvalue weighted by molar-refractivity contribution is 6.22. The van der Waals surface area contributed by atoms with Crippen molar-refractivity contribution in [3.63, 3.8) is 0 Å². The second-order valence-corrected chi connectivity index (χ2v) is 10.6. The Balaban J connectivity index is 0.000000611. The first kappa shape index (κ1) is 33.4. The SMILES string of the molecule is NC(CO)(CO)CO.O=C1COC(=O)/C1=C(\O)CCC1CCCCCCCCCC/C1=N/OCc1ccccc1. The van der Waals surface area contributed by atoms with Crippen LogP contribution in [0.3, 0.4) is 0 Å². The lowest BCUT2D eigenvalue weighted by Gasteiger charge is -2.20. The third-order valence-corrected chi connectivity index (χ3v) is 7.24. The zero-order chi connectivity index (χ0) is 29.2. The Labute approximate surface area is 236 Å². The van der Waals surface area contributed by atoms with Gasteiger partial charge in [0.05, 0.1) is 31.1 Å². The summed E-state index contributed by atoms with van der Waals surface area (Å²) in [4.78, 5) is 29.4. The van der Waals surface area contributed by atoms with Gasteiger partial charge in [0.1, 0.15) is 17.9 Å². The monoisotopic (exact) mass is 562 g/mol. The van der Waals surface area contributed by atoms with Gasteiger partial charge in [-0.3, -0.25) is 4.79 Å². The average molecular weight is 563 g/mol. The number of allylic oxidation sites excluding steroid dienone is 1. The van der Waals surface area contributed by atoms with Gasteiger partial charge < -0.3 is 35.7 Å². The van der Waals surface area contributed by atoms with Crippen LogP contribution in [-0.4, -0.2) is 69.9 Å². The Morgan fingerprint density at radius 3 is 2.10 bits per heavy atom. The molecule has 2 fully saturated rings. The molecule has 0 radical (unpaired) electrons. The molecular weight excluding hydrogens is 516 g/mol. The maximum absolute atomic E-state index is 11.9. The molecule has 0 amide bonds. The lowest BCUT2D eigenvalue weighted by Crippen LogP contribution is -2.50. The molecule has 40 heavy (non-hydrogen) atoms. The molecule has 0 bridgehead atoms. The molecule has 1 heterocycles. The Morgan fingerprint density at radius 1 is 0.950 bits per heavy atom. The van der Waals surface area contributed by atoms with Crippen LogP contribution in [0.2, 0.25) is 0 Å². The average Bonchev–Trinajstić information content (AvgIpc) is 3.31. The van der Waals surface area contributed by atoms with Crippen molar-refractivity contribution in [1.29, 1.82) is 0 Å². The highest BCUT2D eigenvalue weighted by Gasteiger charge is 2.32. The molecule has 2 aliphatic rings. The Morgan fingerprint density at radius 2 is 1.55 bits per heavy atom. The number of esters is 1. The molecule has 1 aliphatic carbocycles. The smallest absolute Gasteiger partial charge is 0.345 e. The summed E-state index contributed by atoms with van der Waals surface area (Å²) in [5, 5.41) is 40.0. The highest BCUT2D eigenvalue weighted by atomic mass is 16.6. The van der Waals surface area contributed by atoms with E-state index in [4.69, 9.17) is 30.6 Å². The van der Waals surface area contributed by atoms with Gasteiger partial charge in [0.25, 0.3) is 0 Å². The molecule has 224 valence electrons. The Kier molecular flexibility index (Phi) is 15.5. The van der Waals surface area contributed by atoms with E-state index in [2.05, 4.69) is 5.16 Å². The number of cyclic esters (lactones) is 1. The predicted molar refractivity (Wildman–Crippen MR) is 151 cm³/mol. The quantitative estimate of drug-likeness (QED) is 0.0993. The Bertz CT molecular complexity index is 933. The highest BCUT2D eigenvalue weighted by Crippen LogP contribution is 2.26. The molecule has 0 spiro atoms. The van der Waals surface area contributed by atoms with Crippen LogP contribution in [-0.2, 0) is 25.8 Å². The predicted octanol–water partition coefficient (Wildman–Crippen LogP) is 3.47. The van der Waals surface area contributed by atoms with Crippen molar-refractivity contribution < 1.29 is 39.6 Å². The number of nitrogens with two attached hydrogens (primary N) is 1. The molecule has 1 unspecified atom stereocenters. The second-order valence-electron chi connectivity index (χ2n) is 10.6. The molecule has 1 aromatic carbocycles. The first-order valence-corrected chi connectivity index (χ1v) is 14.3. The number of rotatable bonds is 9. The zero-order valence-corrected chi connectivity index (χ0v) is 23.4. The van der Waals surface area contributed by atoms with Crippen LogP contribution in [0.1, 0.15) is 82.6 Å². The third kappa shape index (κ3) is 11.8. The van der Waals surface area contributed by atoms with Crippen molar-refractivity contribution >= 4 is 17.5 Å². The number of aliphatic hydroxyl groups excluding tert-OH is 4. The van der Waals surface area contributed by atoms with E-state index in [-0.39, 0.29) is 30.3 Å². The minimum atomic E-state index is -1.21. The summed E-state index contributed by atoms with van der Waals surface area (Å²) in [7, 11) is 0. The van der Waals surface area contributed by atoms with E-state index in [9.17, 15) is 14.7 Å². The summed E-state index contributed by atoms with van der Waals surface area (Å²) in [6.07, 6.45) is 12.4. The van der Waals surface area contributed by atoms with Crippen molar-refractivity contribution in [2.75, 3.05) is 26.4 Å². The number of carbonyl (C=O) groups is 2. The van der Waals surface area contributed by atoms with Crippen LogP contribution in [0, 0.1) is 5.92 Å². The van der Waals surface area contributed by atoms with Gasteiger partial charge in [0.15, 0.2) is 6.61 Å². The maximum atomic E-state index is 11.9. The summed E-state index contributed by atoms with van der Waals surface area (Å²) in [6, 6.07) is 9.97. The number of ether oxygens (including phenoxy) is 1. The number of oxime groups is 1.